The summed E-state index contributed by atoms with van der Waals surface area (Å²) in [5.74, 6) is 0.909. The molecule has 0 atom stereocenters. The molecule has 0 saturated heterocycles. The fourth-order valence-electron chi connectivity index (χ4n) is 2.34. The number of aryl methyl sites for hydroxylation is 1. The van der Waals surface area contributed by atoms with Gasteiger partial charge in [-0.2, -0.15) is 0 Å². The van der Waals surface area contributed by atoms with E-state index in [1.54, 1.807) is 19.3 Å². The molecule has 2 aromatic rings. The first-order valence-corrected chi connectivity index (χ1v) is 8.95. The van der Waals surface area contributed by atoms with E-state index in [4.69, 9.17) is 14.6 Å². The topological polar surface area (TPSA) is 67.8 Å². The highest BCUT2D eigenvalue weighted by Crippen LogP contribution is 2.37. The standard InChI is InChI=1S/C20H22BrNO4/c1-14-4-3-5-16(10-14)13-26-20-17(21)11-15(12-18(20)25-2)6-7-19(24)22-8-9-23/h3-7,10-12,23H,8-9,13H2,1-2H3,(H,22,24)/b7-6+. The Hall–Kier alpha value is -2.31. The van der Waals surface area contributed by atoms with Gasteiger partial charge in [-0.15, -0.1) is 0 Å². The first kappa shape index (κ1) is 20.0. The Kier molecular flexibility index (Phi) is 7.69. The van der Waals surface area contributed by atoms with Gasteiger partial charge < -0.3 is 19.9 Å². The Bertz CT molecular complexity index is 789. The van der Waals surface area contributed by atoms with Crippen molar-refractivity contribution >= 4 is 27.9 Å². The molecule has 0 radical (unpaired) electrons. The second kappa shape index (κ2) is 9.99. The molecule has 6 heteroatoms. The van der Waals surface area contributed by atoms with Crippen LogP contribution in [0, 0.1) is 6.92 Å². The maximum Gasteiger partial charge on any atom is 0.244 e. The minimum Gasteiger partial charge on any atom is -0.493 e. The van der Waals surface area contributed by atoms with Gasteiger partial charge in [-0.05, 0) is 52.2 Å². The van der Waals surface area contributed by atoms with Crippen molar-refractivity contribution in [2.75, 3.05) is 20.3 Å². The molecule has 0 bridgehead atoms. The summed E-state index contributed by atoms with van der Waals surface area (Å²) < 4.78 is 12.1. The van der Waals surface area contributed by atoms with Crippen LogP contribution in [0.15, 0.2) is 46.9 Å². The number of aliphatic hydroxyl groups is 1. The highest BCUT2D eigenvalue weighted by molar-refractivity contribution is 9.10. The normalized spacial score (nSPS) is 10.8. The van der Waals surface area contributed by atoms with Crippen molar-refractivity contribution in [3.8, 4) is 11.5 Å². The molecule has 0 aliphatic carbocycles. The van der Waals surface area contributed by atoms with Gasteiger partial charge in [-0.1, -0.05) is 29.8 Å². The van der Waals surface area contributed by atoms with Crippen LogP contribution in [0.3, 0.4) is 0 Å². The third-order valence-electron chi connectivity index (χ3n) is 3.56. The van der Waals surface area contributed by atoms with Gasteiger partial charge in [0.25, 0.3) is 0 Å². The summed E-state index contributed by atoms with van der Waals surface area (Å²) in [4.78, 5) is 11.6. The molecule has 0 spiro atoms. The highest BCUT2D eigenvalue weighted by Gasteiger charge is 2.11. The number of amides is 1. The van der Waals surface area contributed by atoms with E-state index in [9.17, 15) is 4.79 Å². The summed E-state index contributed by atoms with van der Waals surface area (Å²) in [7, 11) is 1.57. The van der Waals surface area contributed by atoms with Crippen molar-refractivity contribution in [1.82, 2.24) is 5.32 Å². The minimum atomic E-state index is -0.270. The number of aliphatic hydroxyl groups excluding tert-OH is 1. The number of nitrogens with one attached hydrogen (secondary N) is 1. The first-order valence-electron chi connectivity index (χ1n) is 8.16. The van der Waals surface area contributed by atoms with Crippen molar-refractivity contribution in [1.29, 1.82) is 0 Å². The maximum atomic E-state index is 11.6. The SMILES string of the molecule is COc1cc(/C=C/C(=O)NCCO)cc(Br)c1OCc1cccc(C)c1. The number of halogens is 1. The van der Waals surface area contributed by atoms with E-state index in [2.05, 4.69) is 27.3 Å². The minimum absolute atomic E-state index is 0.0913. The average Bonchev–Trinajstić information content (AvgIpc) is 2.63. The van der Waals surface area contributed by atoms with Crippen molar-refractivity contribution < 1.29 is 19.4 Å². The molecule has 0 heterocycles. The van der Waals surface area contributed by atoms with E-state index in [1.807, 2.05) is 31.2 Å². The molecule has 2 aromatic carbocycles. The van der Waals surface area contributed by atoms with Crippen LogP contribution in [-0.2, 0) is 11.4 Å². The Labute approximate surface area is 161 Å². The van der Waals surface area contributed by atoms with Crippen molar-refractivity contribution in [3.63, 3.8) is 0 Å². The van der Waals surface area contributed by atoms with Gasteiger partial charge in [0, 0.05) is 12.6 Å². The molecule has 1 amide bonds. The van der Waals surface area contributed by atoms with Crippen LogP contribution >= 0.6 is 15.9 Å². The largest absolute Gasteiger partial charge is 0.493 e. The molecule has 138 valence electrons. The smallest absolute Gasteiger partial charge is 0.244 e. The quantitative estimate of drug-likeness (QED) is 0.642. The third kappa shape index (κ3) is 5.89. The van der Waals surface area contributed by atoms with Gasteiger partial charge in [-0.3, -0.25) is 4.79 Å². The van der Waals surface area contributed by atoms with Gasteiger partial charge in [0.1, 0.15) is 6.61 Å². The second-order valence-electron chi connectivity index (χ2n) is 5.66. The lowest BCUT2D eigenvalue weighted by molar-refractivity contribution is -0.116. The van der Waals surface area contributed by atoms with Gasteiger partial charge >= 0.3 is 0 Å². The van der Waals surface area contributed by atoms with Gasteiger partial charge in [-0.25, -0.2) is 0 Å². The third-order valence-corrected chi connectivity index (χ3v) is 4.14. The van der Waals surface area contributed by atoms with E-state index < -0.39 is 0 Å². The first-order chi connectivity index (χ1) is 12.5. The van der Waals surface area contributed by atoms with Crippen LogP contribution in [-0.4, -0.2) is 31.3 Å². The molecule has 2 rings (SSSR count). The van der Waals surface area contributed by atoms with Crippen LogP contribution in [0.4, 0.5) is 0 Å². The molecule has 0 aliphatic heterocycles. The molecule has 26 heavy (non-hydrogen) atoms. The predicted molar refractivity (Wildman–Crippen MR) is 105 cm³/mol. The molecule has 5 nitrogen and oxygen atoms in total. The zero-order chi connectivity index (χ0) is 18.9. The Balaban J connectivity index is 2.13. The van der Waals surface area contributed by atoms with Crippen LogP contribution in [0.5, 0.6) is 11.5 Å². The summed E-state index contributed by atoms with van der Waals surface area (Å²) >= 11 is 3.50. The number of benzene rings is 2. The second-order valence-corrected chi connectivity index (χ2v) is 6.51. The number of hydrogen-bond acceptors (Lipinski definition) is 4. The molecule has 0 aliphatic rings. The van der Waals surface area contributed by atoms with Crippen molar-refractivity contribution in [3.05, 3.63) is 63.6 Å². The van der Waals surface area contributed by atoms with E-state index in [-0.39, 0.29) is 19.1 Å². The maximum absolute atomic E-state index is 11.6. The number of rotatable bonds is 8. The summed E-state index contributed by atoms with van der Waals surface area (Å²) in [6.45, 7) is 2.60. The fraction of sp³-hybridized carbons (Fsp3) is 0.250. The molecular weight excluding hydrogens is 398 g/mol. The monoisotopic (exact) mass is 419 g/mol. The average molecular weight is 420 g/mol. The van der Waals surface area contributed by atoms with Crippen molar-refractivity contribution in [2.24, 2.45) is 0 Å². The lowest BCUT2D eigenvalue weighted by atomic mass is 10.1. The molecule has 0 saturated carbocycles. The predicted octanol–water partition coefficient (Wildman–Crippen LogP) is 3.47. The van der Waals surface area contributed by atoms with Crippen LogP contribution in [0.1, 0.15) is 16.7 Å². The lowest BCUT2D eigenvalue weighted by Gasteiger charge is -2.14. The number of carbonyl (C=O) groups is 1. The Morgan fingerprint density at radius 1 is 1.31 bits per heavy atom. The Morgan fingerprint density at radius 2 is 2.12 bits per heavy atom. The lowest BCUT2D eigenvalue weighted by Crippen LogP contribution is -2.24. The van der Waals surface area contributed by atoms with E-state index in [0.717, 1.165) is 15.6 Å². The van der Waals surface area contributed by atoms with Crippen LogP contribution < -0.4 is 14.8 Å². The number of methoxy groups -OCH3 is 1. The van der Waals surface area contributed by atoms with E-state index in [1.165, 1.54) is 11.6 Å². The van der Waals surface area contributed by atoms with Gasteiger partial charge in [0.2, 0.25) is 5.91 Å². The molecular formula is C20H22BrNO4. The number of carbonyl (C=O) groups excluding carboxylic acids is 1. The van der Waals surface area contributed by atoms with Crippen molar-refractivity contribution in [2.45, 2.75) is 13.5 Å². The highest BCUT2D eigenvalue weighted by atomic mass is 79.9. The molecule has 0 fully saturated rings. The zero-order valence-electron chi connectivity index (χ0n) is 14.8. The summed E-state index contributed by atoms with van der Waals surface area (Å²) in [6.07, 6.45) is 3.08. The molecule has 2 N–H and O–H groups in total. The zero-order valence-corrected chi connectivity index (χ0v) is 16.4. The van der Waals surface area contributed by atoms with Gasteiger partial charge in [0.05, 0.1) is 18.2 Å². The van der Waals surface area contributed by atoms with Gasteiger partial charge in [0.15, 0.2) is 11.5 Å². The summed E-state index contributed by atoms with van der Waals surface area (Å²) in [5, 5.41) is 11.3. The molecule has 0 unspecified atom stereocenters. The number of ether oxygens (including phenoxy) is 2. The summed E-state index contributed by atoms with van der Waals surface area (Å²) in [6, 6.07) is 11.8. The van der Waals surface area contributed by atoms with Crippen LogP contribution in [0.25, 0.3) is 6.08 Å². The number of hydrogen-bond donors (Lipinski definition) is 2. The summed E-state index contributed by atoms with van der Waals surface area (Å²) in [5.41, 5.74) is 3.04. The van der Waals surface area contributed by atoms with E-state index in [0.29, 0.717) is 18.1 Å². The molecule has 0 aromatic heterocycles. The fourth-order valence-corrected chi connectivity index (χ4v) is 2.92. The van der Waals surface area contributed by atoms with E-state index >= 15 is 0 Å². The van der Waals surface area contributed by atoms with Crippen LogP contribution in [0.2, 0.25) is 0 Å². The Morgan fingerprint density at radius 3 is 2.81 bits per heavy atom.